The van der Waals surface area contributed by atoms with Gasteiger partial charge in [-0.2, -0.15) is 11.8 Å². The van der Waals surface area contributed by atoms with Crippen molar-refractivity contribution in [2.24, 2.45) is 0 Å². The lowest BCUT2D eigenvalue weighted by molar-refractivity contribution is -0.275. The second-order valence-electron chi connectivity index (χ2n) is 7.41. The Morgan fingerprint density at radius 1 is 1.32 bits per heavy atom. The quantitative estimate of drug-likeness (QED) is 0.315. The topological polar surface area (TPSA) is 102 Å². The van der Waals surface area contributed by atoms with E-state index in [9.17, 15) is 30.9 Å². The van der Waals surface area contributed by atoms with Crippen LogP contribution in [0.5, 0.6) is 11.5 Å². The van der Waals surface area contributed by atoms with Crippen LogP contribution in [0, 0.1) is 0 Å². The van der Waals surface area contributed by atoms with Gasteiger partial charge in [-0.1, -0.05) is 6.58 Å². The first-order chi connectivity index (χ1) is 14.3. The van der Waals surface area contributed by atoms with Gasteiger partial charge in [-0.15, -0.1) is 13.2 Å². The van der Waals surface area contributed by atoms with E-state index in [4.69, 9.17) is 9.47 Å². The van der Waals surface area contributed by atoms with Crippen molar-refractivity contribution in [3.05, 3.63) is 35.9 Å². The third-order valence-corrected chi connectivity index (χ3v) is 7.54. The van der Waals surface area contributed by atoms with E-state index < -0.39 is 46.2 Å². The minimum Gasteiger partial charge on any atom is -0.748 e. The average Bonchev–Trinajstić information content (AvgIpc) is 3.22. The van der Waals surface area contributed by atoms with Crippen LogP contribution in [0.2, 0.25) is 0 Å². The molecule has 2 fully saturated rings. The van der Waals surface area contributed by atoms with Crippen LogP contribution in [0.4, 0.5) is 13.2 Å². The second kappa shape index (κ2) is 8.55. The molecular formula is C19H20F3O7S2-. The molecule has 0 aromatic heterocycles. The molecule has 7 nitrogen and oxygen atoms in total. The van der Waals surface area contributed by atoms with Crippen molar-refractivity contribution in [1.29, 1.82) is 0 Å². The number of benzene rings is 1. The second-order valence-corrected chi connectivity index (χ2v) is 10.4. The van der Waals surface area contributed by atoms with Gasteiger partial charge in [0.05, 0.1) is 21.4 Å². The first kappa shape index (κ1) is 23.7. The van der Waals surface area contributed by atoms with Crippen LogP contribution in [0.1, 0.15) is 36.5 Å². The molecule has 172 valence electrons. The van der Waals surface area contributed by atoms with Crippen molar-refractivity contribution in [3.8, 4) is 11.5 Å². The van der Waals surface area contributed by atoms with Gasteiger partial charge in [0, 0.05) is 16.9 Å². The summed E-state index contributed by atoms with van der Waals surface area (Å²) in [7, 11) is -4.58. The van der Waals surface area contributed by atoms with Gasteiger partial charge >= 0.3 is 12.3 Å². The number of hydrogen-bond donors (Lipinski definition) is 0. The number of fused-ring (bicyclic) bond motifs is 2. The molecule has 2 bridgehead atoms. The number of halogens is 3. The van der Waals surface area contributed by atoms with Gasteiger partial charge in [-0.05, 0) is 43.5 Å². The summed E-state index contributed by atoms with van der Waals surface area (Å²) >= 11 is 1.70. The minimum atomic E-state index is -4.98. The van der Waals surface area contributed by atoms with Crippen LogP contribution in [0.25, 0.3) is 0 Å². The van der Waals surface area contributed by atoms with E-state index in [1.54, 1.807) is 18.7 Å². The molecule has 1 aromatic carbocycles. The van der Waals surface area contributed by atoms with Crippen molar-refractivity contribution in [2.45, 2.75) is 48.6 Å². The van der Waals surface area contributed by atoms with Gasteiger partial charge in [0.15, 0.2) is 11.5 Å². The summed E-state index contributed by atoms with van der Waals surface area (Å²) in [6.07, 6.45) is -2.61. The Labute approximate surface area is 181 Å². The highest BCUT2D eigenvalue weighted by Crippen LogP contribution is 2.56. The maximum atomic E-state index is 12.9. The molecule has 2 saturated heterocycles. The standard InChI is InChI=1S/C19H21F3O7S2/c1-11(2)18(10-13-4-6-16(18)30-13)28-15-9-12(3-5-14(15)29-19(20,21)22)17(23)27-7-8-31(24,25)26/h3,5,9,13,16H,1,4,6-8,10H2,2H3,(H,24,25,26)/p-1. The van der Waals surface area contributed by atoms with E-state index in [-0.39, 0.29) is 16.6 Å². The number of carbonyl (C=O) groups is 1. The monoisotopic (exact) mass is 481 g/mol. The molecule has 2 heterocycles. The number of esters is 1. The maximum absolute atomic E-state index is 12.9. The van der Waals surface area contributed by atoms with E-state index in [0.29, 0.717) is 17.2 Å². The third kappa shape index (κ3) is 5.66. The van der Waals surface area contributed by atoms with E-state index >= 15 is 0 Å². The number of thioether (sulfide) groups is 1. The van der Waals surface area contributed by atoms with E-state index in [1.807, 2.05) is 0 Å². The molecule has 1 aromatic rings. The number of rotatable bonds is 8. The van der Waals surface area contributed by atoms with Crippen LogP contribution in [0.3, 0.4) is 0 Å². The zero-order valence-electron chi connectivity index (χ0n) is 16.4. The molecule has 3 rings (SSSR count). The molecular weight excluding hydrogens is 461 g/mol. The largest absolute Gasteiger partial charge is 0.748 e. The van der Waals surface area contributed by atoms with Crippen LogP contribution in [-0.2, 0) is 14.9 Å². The maximum Gasteiger partial charge on any atom is 0.573 e. The molecule has 12 heteroatoms. The Hall–Kier alpha value is -1.92. The normalized spacial score (nSPS) is 25.3. The number of hydrogen-bond acceptors (Lipinski definition) is 8. The summed E-state index contributed by atoms with van der Waals surface area (Å²) in [5, 5.41) is 0.308. The van der Waals surface area contributed by atoms with Gasteiger partial charge in [-0.25, -0.2) is 13.2 Å². The Morgan fingerprint density at radius 2 is 2.03 bits per heavy atom. The summed E-state index contributed by atoms with van der Waals surface area (Å²) in [5.74, 6) is -2.87. The van der Waals surface area contributed by atoms with Crippen LogP contribution < -0.4 is 9.47 Å². The molecule has 31 heavy (non-hydrogen) atoms. The SMILES string of the molecule is C=C(C)C1(Oc2cc(C(=O)OCCS(=O)(=O)[O-])ccc2OC(F)(F)F)CC2CCC1S2. The molecule has 0 N–H and O–H groups in total. The molecule has 0 amide bonds. The molecule has 0 radical (unpaired) electrons. The molecule has 3 unspecified atom stereocenters. The van der Waals surface area contributed by atoms with Crippen LogP contribution in [-0.4, -0.2) is 53.8 Å². The highest BCUT2D eigenvalue weighted by atomic mass is 32.2. The molecule has 0 saturated carbocycles. The fourth-order valence-electron chi connectivity index (χ4n) is 3.75. The summed E-state index contributed by atoms with van der Waals surface area (Å²) in [5.41, 5.74) is -0.435. The molecule has 2 aliphatic heterocycles. The van der Waals surface area contributed by atoms with Gasteiger partial charge < -0.3 is 18.8 Å². The Morgan fingerprint density at radius 3 is 2.55 bits per heavy atom. The molecule has 3 atom stereocenters. The van der Waals surface area contributed by atoms with E-state index in [2.05, 4.69) is 11.3 Å². The fraction of sp³-hybridized carbons (Fsp3) is 0.526. The van der Waals surface area contributed by atoms with Gasteiger partial charge in [0.25, 0.3) is 0 Å². The summed E-state index contributed by atoms with van der Waals surface area (Å²) in [6.45, 7) is 5.03. The van der Waals surface area contributed by atoms with Crippen LogP contribution in [0.15, 0.2) is 30.4 Å². The lowest BCUT2D eigenvalue weighted by Gasteiger charge is -2.38. The number of ether oxygens (including phenoxy) is 3. The van der Waals surface area contributed by atoms with Gasteiger partial charge in [0.2, 0.25) is 0 Å². The van der Waals surface area contributed by atoms with Crippen molar-refractivity contribution in [2.75, 3.05) is 12.4 Å². The van der Waals surface area contributed by atoms with E-state index in [0.717, 1.165) is 31.0 Å². The predicted molar refractivity (Wildman–Crippen MR) is 105 cm³/mol. The Bertz CT molecular complexity index is 977. The van der Waals surface area contributed by atoms with Crippen molar-refractivity contribution >= 4 is 27.8 Å². The highest BCUT2D eigenvalue weighted by Gasteiger charge is 2.54. The minimum absolute atomic E-state index is 0.00612. The summed E-state index contributed by atoms with van der Waals surface area (Å²) < 4.78 is 85.5. The predicted octanol–water partition coefficient (Wildman–Crippen LogP) is 3.65. The Kier molecular flexibility index (Phi) is 6.55. The number of carbonyl (C=O) groups excluding carboxylic acids is 1. The van der Waals surface area contributed by atoms with Gasteiger partial charge in [-0.3, -0.25) is 0 Å². The van der Waals surface area contributed by atoms with Gasteiger partial charge in [0.1, 0.15) is 12.2 Å². The molecule has 0 spiro atoms. The summed E-state index contributed by atoms with van der Waals surface area (Å²) in [6, 6.07) is 3.01. The first-order valence-corrected chi connectivity index (χ1v) is 11.8. The zero-order valence-corrected chi connectivity index (χ0v) is 18.1. The highest BCUT2D eigenvalue weighted by molar-refractivity contribution is 8.01. The molecule has 0 aliphatic carbocycles. The zero-order chi connectivity index (χ0) is 23.0. The smallest absolute Gasteiger partial charge is 0.573 e. The van der Waals surface area contributed by atoms with Crippen molar-refractivity contribution in [3.63, 3.8) is 0 Å². The van der Waals surface area contributed by atoms with Crippen LogP contribution >= 0.6 is 11.8 Å². The first-order valence-electron chi connectivity index (χ1n) is 9.30. The average molecular weight is 481 g/mol. The Balaban J connectivity index is 1.89. The third-order valence-electron chi connectivity index (χ3n) is 5.14. The number of alkyl halides is 3. The van der Waals surface area contributed by atoms with Crippen molar-refractivity contribution in [1.82, 2.24) is 0 Å². The van der Waals surface area contributed by atoms with Crippen molar-refractivity contribution < 1.29 is 45.1 Å². The lowest BCUT2D eigenvalue weighted by atomic mass is 9.80. The summed E-state index contributed by atoms with van der Waals surface area (Å²) in [4.78, 5) is 12.2. The van der Waals surface area contributed by atoms with E-state index in [1.165, 1.54) is 0 Å². The molecule has 2 aliphatic rings. The fourth-order valence-corrected chi connectivity index (χ4v) is 5.96. The lowest BCUT2D eigenvalue weighted by Crippen LogP contribution is -2.45.